The first-order valence-electron chi connectivity index (χ1n) is 10.1. The van der Waals surface area contributed by atoms with Crippen molar-refractivity contribution in [3.63, 3.8) is 0 Å². The highest BCUT2D eigenvalue weighted by atomic mass is 32.2. The summed E-state index contributed by atoms with van der Waals surface area (Å²) in [7, 11) is 0. The summed E-state index contributed by atoms with van der Waals surface area (Å²) in [4.78, 5) is 38.8. The van der Waals surface area contributed by atoms with Gasteiger partial charge in [0.2, 0.25) is 11.8 Å². The smallest absolute Gasteiger partial charge is 0.326 e. The second-order valence-corrected chi connectivity index (χ2v) is 9.87. The van der Waals surface area contributed by atoms with E-state index in [1.807, 2.05) is 0 Å². The molecule has 3 fully saturated rings. The zero-order valence-electron chi connectivity index (χ0n) is 15.6. The van der Waals surface area contributed by atoms with Crippen LogP contribution >= 0.6 is 24.4 Å². The van der Waals surface area contributed by atoms with Crippen molar-refractivity contribution in [3.05, 3.63) is 0 Å². The monoisotopic (exact) mass is 414 g/mol. The van der Waals surface area contributed by atoms with Gasteiger partial charge in [-0.2, -0.15) is 12.6 Å². The summed E-state index contributed by atoms with van der Waals surface area (Å²) >= 11 is 6.13. The lowest BCUT2D eigenvalue weighted by Crippen LogP contribution is -2.57. The van der Waals surface area contributed by atoms with Crippen molar-refractivity contribution >= 4 is 42.2 Å². The average molecular weight is 415 g/mol. The van der Waals surface area contributed by atoms with Crippen LogP contribution in [-0.2, 0) is 14.4 Å². The van der Waals surface area contributed by atoms with E-state index in [0.717, 1.165) is 37.9 Å². The number of fused-ring (bicyclic) bond motifs is 1. The molecule has 0 spiro atoms. The lowest BCUT2D eigenvalue weighted by molar-refractivity contribution is -0.154. The molecule has 0 bridgehead atoms. The molecule has 27 heavy (non-hydrogen) atoms. The summed E-state index contributed by atoms with van der Waals surface area (Å²) in [6.45, 7) is 0. The van der Waals surface area contributed by atoms with Crippen molar-refractivity contribution in [1.29, 1.82) is 0 Å². The predicted molar refractivity (Wildman–Crippen MR) is 109 cm³/mol. The van der Waals surface area contributed by atoms with E-state index in [2.05, 4.69) is 17.9 Å². The summed E-state index contributed by atoms with van der Waals surface area (Å²) in [5, 5.41) is 11.9. The van der Waals surface area contributed by atoms with Gasteiger partial charge < -0.3 is 15.3 Å². The minimum Gasteiger partial charge on any atom is -0.480 e. The third-order valence-electron chi connectivity index (χ3n) is 6.03. The number of carboxylic acids is 1. The molecule has 0 radical (unpaired) electrons. The highest BCUT2D eigenvalue weighted by molar-refractivity contribution is 7.99. The Balaban J connectivity index is 1.62. The molecule has 6 nitrogen and oxygen atoms in total. The SMILES string of the molecule is O=C(O)C1CCCC2SCC[C@H](NC(=O)[C@@H](S)CC3CCCCC3)C(=O)N21. The topological polar surface area (TPSA) is 86.7 Å². The van der Waals surface area contributed by atoms with Gasteiger partial charge in [0.25, 0.3) is 0 Å². The van der Waals surface area contributed by atoms with Gasteiger partial charge in [0.05, 0.1) is 10.6 Å². The van der Waals surface area contributed by atoms with Crippen LogP contribution in [0.25, 0.3) is 0 Å². The summed E-state index contributed by atoms with van der Waals surface area (Å²) < 4.78 is 0. The van der Waals surface area contributed by atoms with Gasteiger partial charge in [-0.3, -0.25) is 9.59 Å². The zero-order valence-corrected chi connectivity index (χ0v) is 17.4. The fourth-order valence-electron chi connectivity index (χ4n) is 4.54. The molecule has 8 heteroatoms. The van der Waals surface area contributed by atoms with Crippen molar-refractivity contribution in [2.45, 2.75) is 86.9 Å². The highest BCUT2D eigenvalue weighted by Crippen LogP contribution is 2.34. The quantitative estimate of drug-likeness (QED) is 0.602. The van der Waals surface area contributed by atoms with E-state index in [9.17, 15) is 19.5 Å². The van der Waals surface area contributed by atoms with E-state index in [-0.39, 0.29) is 17.2 Å². The van der Waals surface area contributed by atoms with Crippen LogP contribution in [0.5, 0.6) is 0 Å². The summed E-state index contributed by atoms with van der Waals surface area (Å²) in [6.07, 6.45) is 9.42. The van der Waals surface area contributed by atoms with Gasteiger partial charge in [0.15, 0.2) is 0 Å². The van der Waals surface area contributed by atoms with Gasteiger partial charge >= 0.3 is 5.97 Å². The van der Waals surface area contributed by atoms with E-state index in [0.29, 0.717) is 18.8 Å². The lowest BCUT2D eigenvalue weighted by atomic mass is 9.86. The maximum absolute atomic E-state index is 13.1. The summed E-state index contributed by atoms with van der Waals surface area (Å²) in [6, 6.07) is -1.42. The Bertz CT molecular complexity index is 568. The van der Waals surface area contributed by atoms with Crippen LogP contribution < -0.4 is 5.32 Å². The molecule has 3 aliphatic rings. The van der Waals surface area contributed by atoms with Gasteiger partial charge in [-0.1, -0.05) is 32.1 Å². The van der Waals surface area contributed by atoms with Crippen LogP contribution in [-0.4, -0.2) is 56.3 Å². The van der Waals surface area contributed by atoms with Gasteiger partial charge in [-0.25, -0.2) is 4.79 Å². The third kappa shape index (κ3) is 5.13. The number of aliphatic carboxylic acids is 1. The second kappa shape index (κ2) is 9.54. The van der Waals surface area contributed by atoms with E-state index < -0.39 is 23.3 Å². The predicted octanol–water partition coefficient (Wildman–Crippen LogP) is 2.67. The molecule has 2 saturated heterocycles. The number of nitrogens with one attached hydrogen (secondary N) is 1. The zero-order chi connectivity index (χ0) is 19.4. The molecule has 1 aliphatic carbocycles. The normalized spacial score (nSPS) is 30.9. The number of nitrogens with zero attached hydrogens (tertiary/aromatic N) is 1. The first-order valence-corrected chi connectivity index (χ1v) is 11.7. The van der Waals surface area contributed by atoms with Crippen molar-refractivity contribution < 1.29 is 19.5 Å². The Morgan fingerprint density at radius 1 is 1.15 bits per heavy atom. The van der Waals surface area contributed by atoms with Crippen molar-refractivity contribution in [2.24, 2.45) is 5.92 Å². The van der Waals surface area contributed by atoms with E-state index in [4.69, 9.17) is 0 Å². The Hall–Kier alpha value is -0.890. The Morgan fingerprint density at radius 3 is 2.59 bits per heavy atom. The number of thiol groups is 1. The molecule has 0 aromatic rings. The number of piperidine rings is 1. The Labute approximate surface area is 170 Å². The Morgan fingerprint density at radius 2 is 1.89 bits per heavy atom. The number of rotatable bonds is 5. The standard InChI is InChI=1S/C19H30N2O4S2/c22-17(15(26)11-12-5-2-1-3-6-12)20-13-9-10-27-16-8-4-7-14(19(24)25)21(16)18(13)23/h12-16,26H,1-11H2,(H,20,22)(H,24,25)/t13-,14?,15-,16?/m0/s1. The van der Waals surface area contributed by atoms with Crippen LogP contribution in [0.3, 0.4) is 0 Å². The van der Waals surface area contributed by atoms with Crippen LogP contribution in [0.2, 0.25) is 0 Å². The van der Waals surface area contributed by atoms with Gasteiger partial charge in [0, 0.05) is 0 Å². The fourth-order valence-corrected chi connectivity index (χ4v) is 6.30. The first-order chi connectivity index (χ1) is 13.0. The highest BCUT2D eigenvalue weighted by Gasteiger charge is 2.43. The molecule has 152 valence electrons. The molecule has 0 aromatic carbocycles. The molecular formula is C19H30N2O4S2. The number of thioether (sulfide) groups is 1. The number of carbonyl (C=O) groups excluding carboxylic acids is 2. The molecule has 2 aliphatic heterocycles. The molecule has 2 N–H and O–H groups in total. The average Bonchev–Trinajstić information content (AvgIpc) is 2.81. The fraction of sp³-hybridized carbons (Fsp3) is 0.842. The molecule has 1 saturated carbocycles. The number of carboxylic acid groups (broad SMARTS) is 1. The lowest BCUT2D eigenvalue weighted by Gasteiger charge is -2.39. The molecule has 2 heterocycles. The minimum atomic E-state index is -0.954. The van der Waals surface area contributed by atoms with Gasteiger partial charge in [0.1, 0.15) is 12.1 Å². The number of carbonyl (C=O) groups is 3. The molecular weight excluding hydrogens is 384 g/mol. The molecule has 2 amide bonds. The molecule has 2 unspecified atom stereocenters. The van der Waals surface area contributed by atoms with Crippen LogP contribution in [0.4, 0.5) is 0 Å². The van der Waals surface area contributed by atoms with E-state index >= 15 is 0 Å². The van der Waals surface area contributed by atoms with E-state index in [1.165, 1.54) is 24.2 Å². The third-order valence-corrected chi connectivity index (χ3v) is 7.79. The van der Waals surface area contributed by atoms with Crippen molar-refractivity contribution in [1.82, 2.24) is 10.2 Å². The van der Waals surface area contributed by atoms with Crippen LogP contribution in [0.15, 0.2) is 0 Å². The van der Waals surface area contributed by atoms with Crippen molar-refractivity contribution in [3.8, 4) is 0 Å². The molecule has 4 atom stereocenters. The minimum absolute atomic E-state index is 0.0942. The van der Waals surface area contributed by atoms with E-state index in [1.54, 1.807) is 11.8 Å². The summed E-state index contributed by atoms with van der Waals surface area (Å²) in [5.74, 6) is -0.122. The largest absolute Gasteiger partial charge is 0.480 e. The maximum atomic E-state index is 13.1. The van der Waals surface area contributed by atoms with Gasteiger partial charge in [-0.05, 0) is 43.8 Å². The second-order valence-electron chi connectivity index (χ2n) is 7.96. The maximum Gasteiger partial charge on any atom is 0.326 e. The Kier molecular flexibility index (Phi) is 7.36. The molecule has 0 aromatic heterocycles. The molecule has 3 rings (SSSR count). The number of amides is 2. The first kappa shape index (κ1) is 20.8. The number of hydrogen-bond donors (Lipinski definition) is 3. The number of hydrogen-bond acceptors (Lipinski definition) is 5. The summed E-state index contributed by atoms with van der Waals surface area (Å²) in [5.41, 5.74) is 0. The van der Waals surface area contributed by atoms with Crippen LogP contribution in [0.1, 0.15) is 64.2 Å². The van der Waals surface area contributed by atoms with Crippen molar-refractivity contribution in [2.75, 3.05) is 5.75 Å². The van der Waals surface area contributed by atoms with Crippen LogP contribution in [0, 0.1) is 5.92 Å². The van der Waals surface area contributed by atoms with Gasteiger partial charge in [-0.15, -0.1) is 11.8 Å².